The molecule has 1 aromatic carbocycles. The van der Waals surface area contributed by atoms with Crippen LogP contribution in [0.15, 0.2) is 29.2 Å². The smallest absolute Gasteiger partial charge is 0.243 e. The molecule has 0 bridgehead atoms. The number of rotatable bonds is 4. The summed E-state index contributed by atoms with van der Waals surface area (Å²) >= 11 is 0. The summed E-state index contributed by atoms with van der Waals surface area (Å²) < 4.78 is 31.5. The van der Waals surface area contributed by atoms with Gasteiger partial charge in [-0.25, -0.2) is 8.42 Å². The van der Waals surface area contributed by atoms with E-state index in [9.17, 15) is 8.42 Å². The standard InChI is InChI=1S/C12H18N2O3S.ClH/c1-2-17-11-4-3-5-12(8-11)18(15,16)14-7-6-10(13)9-14;/h3-5,8,10H,2,6-7,9,13H2,1H3;1H. The molecule has 1 heterocycles. The molecule has 0 amide bonds. The van der Waals surface area contributed by atoms with Crippen LogP contribution in [0.2, 0.25) is 0 Å². The Kier molecular flexibility index (Phi) is 5.61. The Morgan fingerprint density at radius 1 is 1.47 bits per heavy atom. The molecule has 0 aliphatic carbocycles. The first-order valence-electron chi connectivity index (χ1n) is 6.02. The number of nitrogens with two attached hydrogens (primary N) is 1. The summed E-state index contributed by atoms with van der Waals surface area (Å²) in [7, 11) is -3.44. The predicted octanol–water partition coefficient (Wildman–Crippen LogP) is 1.23. The van der Waals surface area contributed by atoms with E-state index in [1.807, 2.05) is 6.92 Å². The number of ether oxygens (including phenoxy) is 1. The van der Waals surface area contributed by atoms with Crippen LogP contribution in [0, 0.1) is 0 Å². The number of benzene rings is 1. The van der Waals surface area contributed by atoms with Crippen molar-refractivity contribution in [2.24, 2.45) is 5.73 Å². The summed E-state index contributed by atoms with van der Waals surface area (Å²) in [6.07, 6.45) is 0.713. The van der Waals surface area contributed by atoms with Gasteiger partial charge in [0.05, 0.1) is 11.5 Å². The summed E-state index contributed by atoms with van der Waals surface area (Å²) in [4.78, 5) is 0.266. The summed E-state index contributed by atoms with van der Waals surface area (Å²) in [5.41, 5.74) is 5.75. The molecule has 108 valence electrons. The molecule has 19 heavy (non-hydrogen) atoms. The number of hydrogen-bond donors (Lipinski definition) is 1. The largest absolute Gasteiger partial charge is 0.494 e. The number of hydrogen-bond acceptors (Lipinski definition) is 4. The lowest BCUT2D eigenvalue weighted by atomic mass is 10.3. The quantitative estimate of drug-likeness (QED) is 0.908. The molecule has 0 saturated carbocycles. The average molecular weight is 307 g/mol. The van der Waals surface area contributed by atoms with Gasteiger partial charge < -0.3 is 10.5 Å². The maximum absolute atomic E-state index is 12.4. The molecular weight excluding hydrogens is 288 g/mol. The van der Waals surface area contributed by atoms with Crippen LogP contribution < -0.4 is 10.5 Å². The van der Waals surface area contributed by atoms with E-state index in [1.54, 1.807) is 24.3 Å². The Bertz CT molecular complexity index is 521. The van der Waals surface area contributed by atoms with Gasteiger partial charge in [-0.1, -0.05) is 6.07 Å². The van der Waals surface area contributed by atoms with E-state index in [4.69, 9.17) is 10.5 Å². The van der Waals surface area contributed by atoms with Crippen LogP contribution in [0.25, 0.3) is 0 Å². The highest BCUT2D eigenvalue weighted by molar-refractivity contribution is 7.89. The van der Waals surface area contributed by atoms with Gasteiger partial charge in [-0.3, -0.25) is 0 Å². The molecule has 1 aliphatic heterocycles. The predicted molar refractivity (Wildman–Crippen MR) is 76.2 cm³/mol. The fraction of sp³-hybridized carbons (Fsp3) is 0.500. The van der Waals surface area contributed by atoms with E-state index in [1.165, 1.54) is 4.31 Å². The topological polar surface area (TPSA) is 72.6 Å². The molecule has 7 heteroatoms. The maximum Gasteiger partial charge on any atom is 0.243 e. The van der Waals surface area contributed by atoms with Gasteiger partial charge in [0.1, 0.15) is 5.75 Å². The van der Waals surface area contributed by atoms with Crippen molar-refractivity contribution in [1.82, 2.24) is 4.31 Å². The zero-order valence-corrected chi connectivity index (χ0v) is 12.4. The normalized spacial score (nSPS) is 20.0. The number of sulfonamides is 1. The Balaban J connectivity index is 0.00000180. The Labute approximate surface area is 120 Å². The van der Waals surface area contributed by atoms with E-state index < -0.39 is 10.0 Å². The van der Waals surface area contributed by atoms with Crippen LogP contribution in [0.1, 0.15) is 13.3 Å². The Hall–Kier alpha value is -0.820. The zero-order chi connectivity index (χ0) is 13.2. The summed E-state index contributed by atoms with van der Waals surface area (Å²) in [5, 5.41) is 0. The fourth-order valence-corrected chi connectivity index (χ4v) is 3.56. The van der Waals surface area contributed by atoms with Crippen molar-refractivity contribution < 1.29 is 13.2 Å². The molecule has 1 aliphatic rings. The van der Waals surface area contributed by atoms with Crippen molar-refractivity contribution in [1.29, 1.82) is 0 Å². The van der Waals surface area contributed by atoms with Crippen LogP contribution in [0.3, 0.4) is 0 Å². The highest BCUT2D eigenvalue weighted by atomic mass is 35.5. The SMILES string of the molecule is CCOc1cccc(S(=O)(=O)N2CCC(N)C2)c1.Cl. The van der Waals surface area contributed by atoms with Gasteiger partial charge in [-0.15, -0.1) is 12.4 Å². The lowest BCUT2D eigenvalue weighted by Crippen LogP contribution is -2.31. The van der Waals surface area contributed by atoms with Gasteiger partial charge >= 0.3 is 0 Å². The maximum atomic E-state index is 12.4. The summed E-state index contributed by atoms with van der Waals surface area (Å²) in [6.45, 7) is 3.25. The molecule has 0 radical (unpaired) electrons. The molecule has 5 nitrogen and oxygen atoms in total. The van der Waals surface area contributed by atoms with Crippen molar-refractivity contribution >= 4 is 22.4 Å². The minimum Gasteiger partial charge on any atom is -0.494 e. The number of nitrogens with zero attached hydrogens (tertiary/aromatic N) is 1. The average Bonchev–Trinajstić information content (AvgIpc) is 2.77. The molecule has 1 saturated heterocycles. The first kappa shape index (κ1) is 16.2. The number of halogens is 1. The van der Waals surface area contributed by atoms with Gasteiger partial charge in [-0.05, 0) is 25.5 Å². The Morgan fingerprint density at radius 3 is 2.79 bits per heavy atom. The molecular formula is C12H19ClN2O3S. The molecule has 2 rings (SSSR count). The second-order valence-corrected chi connectivity index (χ2v) is 6.26. The van der Waals surface area contributed by atoms with Crippen LogP contribution in [-0.2, 0) is 10.0 Å². The van der Waals surface area contributed by atoms with Gasteiger partial charge in [0.15, 0.2) is 0 Å². The van der Waals surface area contributed by atoms with E-state index >= 15 is 0 Å². The second-order valence-electron chi connectivity index (χ2n) is 4.32. The molecule has 1 aromatic rings. The van der Waals surface area contributed by atoms with Gasteiger partial charge in [0.25, 0.3) is 0 Å². The Morgan fingerprint density at radius 2 is 2.21 bits per heavy atom. The third-order valence-corrected chi connectivity index (χ3v) is 4.80. The van der Waals surface area contributed by atoms with Crippen LogP contribution in [-0.4, -0.2) is 38.5 Å². The van der Waals surface area contributed by atoms with Crippen molar-refractivity contribution in [3.8, 4) is 5.75 Å². The molecule has 0 aromatic heterocycles. The van der Waals surface area contributed by atoms with Crippen LogP contribution in [0.4, 0.5) is 0 Å². The molecule has 1 unspecified atom stereocenters. The minimum absolute atomic E-state index is 0. The minimum atomic E-state index is -3.44. The fourth-order valence-electron chi connectivity index (χ4n) is 2.01. The first-order valence-corrected chi connectivity index (χ1v) is 7.46. The summed E-state index contributed by atoms with van der Waals surface area (Å²) in [5.74, 6) is 0.571. The van der Waals surface area contributed by atoms with Crippen molar-refractivity contribution in [3.63, 3.8) is 0 Å². The highest BCUT2D eigenvalue weighted by Gasteiger charge is 2.30. The zero-order valence-electron chi connectivity index (χ0n) is 10.8. The highest BCUT2D eigenvalue weighted by Crippen LogP contribution is 2.23. The molecule has 1 atom stereocenters. The third kappa shape index (κ3) is 3.60. The van der Waals surface area contributed by atoms with Crippen molar-refractivity contribution in [2.75, 3.05) is 19.7 Å². The van der Waals surface area contributed by atoms with Crippen LogP contribution >= 0.6 is 12.4 Å². The lowest BCUT2D eigenvalue weighted by molar-refractivity contribution is 0.339. The lowest BCUT2D eigenvalue weighted by Gasteiger charge is -2.16. The van der Waals surface area contributed by atoms with Gasteiger partial charge in [-0.2, -0.15) is 4.31 Å². The van der Waals surface area contributed by atoms with Gasteiger partial charge in [0, 0.05) is 25.2 Å². The monoisotopic (exact) mass is 306 g/mol. The van der Waals surface area contributed by atoms with E-state index in [-0.39, 0.29) is 23.3 Å². The molecule has 1 fully saturated rings. The van der Waals surface area contributed by atoms with E-state index in [0.717, 1.165) is 0 Å². The van der Waals surface area contributed by atoms with E-state index in [0.29, 0.717) is 31.9 Å². The second kappa shape index (κ2) is 6.56. The van der Waals surface area contributed by atoms with Crippen molar-refractivity contribution in [3.05, 3.63) is 24.3 Å². The van der Waals surface area contributed by atoms with Gasteiger partial charge in [0.2, 0.25) is 10.0 Å². The molecule has 0 spiro atoms. The third-order valence-electron chi connectivity index (χ3n) is 2.94. The molecule has 2 N–H and O–H groups in total. The summed E-state index contributed by atoms with van der Waals surface area (Å²) in [6, 6.07) is 6.52. The van der Waals surface area contributed by atoms with E-state index in [2.05, 4.69) is 0 Å². The first-order chi connectivity index (χ1) is 8.54. The van der Waals surface area contributed by atoms with Crippen molar-refractivity contribution in [2.45, 2.75) is 24.3 Å². The van der Waals surface area contributed by atoms with Crippen LogP contribution in [0.5, 0.6) is 5.75 Å².